The topological polar surface area (TPSA) is 57.5 Å². The van der Waals surface area contributed by atoms with Crippen molar-refractivity contribution in [3.8, 4) is 0 Å². The molecule has 0 saturated heterocycles. The minimum absolute atomic E-state index is 0.175. The second kappa shape index (κ2) is 6.90. The minimum atomic E-state index is -0.713. The van der Waals surface area contributed by atoms with E-state index in [2.05, 4.69) is 26.8 Å². The number of hydrogen-bond donors (Lipinski definition) is 2. The van der Waals surface area contributed by atoms with Crippen molar-refractivity contribution in [1.29, 1.82) is 0 Å². The summed E-state index contributed by atoms with van der Waals surface area (Å²) >= 11 is 0. The van der Waals surface area contributed by atoms with Gasteiger partial charge in [0.2, 0.25) is 0 Å². The van der Waals surface area contributed by atoms with Gasteiger partial charge in [-0.05, 0) is 91.8 Å². The van der Waals surface area contributed by atoms with E-state index in [1.165, 1.54) is 44.9 Å². The molecular weight excluding hydrogens is 336 g/mol. The summed E-state index contributed by atoms with van der Waals surface area (Å²) in [5.74, 6) is 1.92. The SMILES string of the molecule is C[C@H](CCC(=O)O)[C@H]1[C@@H](O)C[C@H]2[C@@H]3CC=C4CCCC[C@]4(C)[C@H]3CC[C@]12C. The molecule has 0 aliphatic heterocycles. The predicted octanol–water partition coefficient (Wildman–Crippen LogP) is 5.43. The van der Waals surface area contributed by atoms with Gasteiger partial charge in [0.25, 0.3) is 0 Å². The Morgan fingerprint density at radius 3 is 2.78 bits per heavy atom. The minimum Gasteiger partial charge on any atom is -0.481 e. The molecule has 4 aliphatic carbocycles. The Labute approximate surface area is 164 Å². The van der Waals surface area contributed by atoms with Crippen LogP contribution in [0.15, 0.2) is 11.6 Å². The highest BCUT2D eigenvalue weighted by Gasteiger charge is 2.61. The molecule has 3 heteroatoms. The lowest BCUT2D eigenvalue weighted by Gasteiger charge is -2.58. The number of carboxylic acid groups (broad SMARTS) is 1. The van der Waals surface area contributed by atoms with E-state index < -0.39 is 5.97 Å². The molecule has 0 unspecified atom stereocenters. The maximum Gasteiger partial charge on any atom is 0.303 e. The van der Waals surface area contributed by atoms with Crippen LogP contribution in [0.25, 0.3) is 0 Å². The number of aliphatic hydroxyl groups is 1. The third-order valence-electron chi connectivity index (χ3n) is 9.55. The largest absolute Gasteiger partial charge is 0.481 e. The highest BCUT2D eigenvalue weighted by Crippen LogP contribution is 2.67. The average molecular weight is 375 g/mol. The van der Waals surface area contributed by atoms with E-state index in [1.807, 2.05) is 0 Å². The van der Waals surface area contributed by atoms with Crippen LogP contribution < -0.4 is 0 Å². The van der Waals surface area contributed by atoms with Crippen molar-refractivity contribution in [2.24, 2.45) is 40.4 Å². The molecule has 3 saturated carbocycles. The Hall–Kier alpha value is -0.830. The molecule has 0 aromatic rings. The van der Waals surface area contributed by atoms with Gasteiger partial charge in [0.1, 0.15) is 0 Å². The molecule has 3 nitrogen and oxygen atoms in total. The Kier molecular flexibility index (Phi) is 4.98. The van der Waals surface area contributed by atoms with Crippen LogP contribution in [-0.4, -0.2) is 22.3 Å². The molecule has 0 radical (unpaired) electrons. The number of carboxylic acids is 1. The van der Waals surface area contributed by atoms with Gasteiger partial charge in [-0.1, -0.05) is 38.8 Å². The van der Waals surface area contributed by atoms with Gasteiger partial charge in [0, 0.05) is 6.42 Å². The van der Waals surface area contributed by atoms with Gasteiger partial charge in [0.15, 0.2) is 0 Å². The van der Waals surface area contributed by atoms with E-state index in [4.69, 9.17) is 5.11 Å². The van der Waals surface area contributed by atoms with Crippen molar-refractivity contribution in [2.75, 3.05) is 0 Å². The Bertz CT molecular complexity index is 625. The summed E-state index contributed by atoms with van der Waals surface area (Å²) < 4.78 is 0. The number of hydrogen-bond acceptors (Lipinski definition) is 2. The van der Waals surface area contributed by atoms with Crippen LogP contribution in [-0.2, 0) is 4.79 Å². The van der Waals surface area contributed by atoms with Crippen LogP contribution in [0.5, 0.6) is 0 Å². The second-order valence-electron chi connectivity index (χ2n) is 10.7. The summed E-state index contributed by atoms with van der Waals surface area (Å²) in [6, 6.07) is 0. The predicted molar refractivity (Wildman–Crippen MR) is 107 cm³/mol. The molecule has 0 aromatic carbocycles. The molecule has 0 aromatic heterocycles. The van der Waals surface area contributed by atoms with Gasteiger partial charge in [-0.25, -0.2) is 0 Å². The Morgan fingerprint density at radius 1 is 1.26 bits per heavy atom. The molecular formula is C24H38O3. The lowest BCUT2D eigenvalue weighted by molar-refractivity contribution is -0.137. The zero-order valence-corrected chi connectivity index (χ0v) is 17.4. The molecule has 0 heterocycles. The summed E-state index contributed by atoms with van der Waals surface area (Å²) in [6.07, 6.45) is 13.3. The third-order valence-corrected chi connectivity index (χ3v) is 9.55. The molecule has 3 fully saturated rings. The average Bonchev–Trinajstić information content (AvgIpc) is 2.89. The number of carbonyl (C=O) groups is 1. The van der Waals surface area contributed by atoms with Crippen molar-refractivity contribution in [3.05, 3.63) is 11.6 Å². The van der Waals surface area contributed by atoms with Crippen LogP contribution in [0, 0.1) is 40.4 Å². The zero-order valence-electron chi connectivity index (χ0n) is 17.4. The van der Waals surface area contributed by atoms with Crippen molar-refractivity contribution >= 4 is 5.97 Å². The smallest absolute Gasteiger partial charge is 0.303 e. The summed E-state index contributed by atoms with van der Waals surface area (Å²) in [7, 11) is 0. The van der Waals surface area contributed by atoms with Crippen molar-refractivity contribution in [3.63, 3.8) is 0 Å². The first kappa shape index (κ1) is 19.5. The lowest BCUT2D eigenvalue weighted by Crippen LogP contribution is -2.50. The number of allylic oxidation sites excluding steroid dienone is 2. The lowest BCUT2D eigenvalue weighted by atomic mass is 9.47. The van der Waals surface area contributed by atoms with E-state index in [0.29, 0.717) is 23.7 Å². The molecule has 0 spiro atoms. The van der Waals surface area contributed by atoms with Gasteiger partial charge in [-0.2, -0.15) is 0 Å². The Balaban J connectivity index is 1.59. The van der Waals surface area contributed by atoms with Gasteiger partial charge in [0.05, 0.1) is 6.10 Å². The summed E-state index contributed by atoms with van der Waals surface area (Å²) in [5, 5.41) is 20.1. The van der Waals surface area contributed by atoms with Crippen molar-refractivity contribution in [1.82, 2.24) is 0 Å². The van der Waals surface area contributed by atoms with Crippen molar-refractivity contribution < 1.29 is 15.0 Å². The molecule has 0 bridgehead atoms. The molecule has 0 amide bonds. The molecule has 27 heavy (non-hydrogen) atoms. The zero-order chi connectivity index (χ0) is 19.4. The van der Waals surface area contributed by atoms with Crippen LogP contribution in [0.2, 0.25) is 0 Å². The normalized spacial score (nSPS) is 47.4. The van der Waals surface area contributed by atoms with Crippen LogP contribution >= 0.6 is 0 Å². The third kappa shape index (κ3) is 2.99. The highest BCUT2D eigenvalue weighted by molar-refractivity contribution is 5.66. The summed E-state index contributed by atoms with van der Waals surface area (Å²) in [6.45, 7) is 7.14. The first-order valence-electron chi connectivity index (χ1n) is 11.4. The maximum atomic E-state index is 11.1. The first-order valence-corrected chi connectivity index (χ1v) is 11.4. The maximum absolute atomic E-state index is 11.1. The fourth-order valence-corrected chi connectivity index (χ4v) is 8.31. The van der Waals surface area contributed by atoms with E-state index in [1.54, 1.807) is 5.57 Å². The molecule has 4 aliphatic rings. The second-order valence-corrected chi connectivity index (χ2v) is 10.7. The van der Waals surface area contributed by atoms with Crippen LogP contribution in [0.4, 0.5) is 0 Å². The van der Waals surface area contributed by atoms with Gasteiger partial charge in [-0.3, -0.25) is 4.79 Å². The van der Waals surface area contributed by atoms with E-state index in [0.717, 1.165) is 12.3 Å². The first-order chi connectivity index (χ1) is 12.8. The standard InChI is InChI=1S/C24H38O3/c1-15(7-10-21(26)27)22-20(25)14-19-17-9-8-16-6-4-5-12-23(16,2)18(17)11-13-24(19,22)3/h8,15,17-20,22,25H,4-7,9-14H2,1-3H3,(H,26,27)/t15-,17-,18+,19+,20+,22+,23+,24+/m1/s1. The summed E-state index contributed by atoms with van der Waals surface area (Å²) in [5.41, 5.74) is 2.32. The molecule has 8 atom stereocenters. The fraction of sp³-hybridized carbons (Fsp3) is 0.875. The van der Waals surface area contributed by atoms with Crippen molar-refractivity contribution in [2.45, 2.75) is 91.1 Å². The van der Waals surface area contributed by atoms with Gasteiger partial charge in [-0.15, -0.1) is 0 Å². The van der Waals surface area contributed by atoms with E-state index in [9.17, 15) is 9.90 Å². The monoisotopic (exact) mass is 374 g/mol. The molecule has 2 N–H and O–H groups in total. The van der Waals surface area contributed by atoms with Crippen LogP contribution in [0.3, 0.4) is 0 Å². The quantitative estimate of drug-likeness (QED) is 0.645. The van der Waals surface area contributed by atoms with Gasteiger partial charge >= 0.3 is 5.97 Å². The summed E-state index contributed by atoms with van der Waals surface area (Å²) in [4.78, 5) is 11.1. The van der Waals surface area contributed by atoms with E-state index >= 15 is 0 Å². The number of aliphatic carboxylic acids is 1. The number of aliphatic hydroxyl groups excluding tert-OH is 1. The van der Waals surface area contributed by atoms with Gasteiger partial charge < -0.3 is 10.2 Å². The molecule has 4 rings (SSSR count). The number of fused-ring (bicyclic) bond motifs is 5. The number of rotatable bonds is 4. The van der Waals surface area contributed by atoms with Crippen LogP contribution in [0.1, 0.15) is 85.0 Å². The fourth-order valence-electron chi connectivity index (χ4n) is 8.31. The van der Waals surface area contributed by atoms with E-state index in [-0.39, 0.29) is 29.8 Å². The highest BCUT2D eigenvalue weighted by atomic mass is 16.4. The Morgan fingerprint density at radius 2 is 2.04 bits per heavy atom. The molecule has 152 valence electrons.